The third-order valence-corrected chi connectivity index (χ3v) is 6.99. The monoisotopic (exact) mass is 533 g/mol. The minimum atomic E-state index is -1.91. The van der Waals surface area contributed by atoms with Gasteiger partial charge in [-0.25, -0.2) is 14.6 Å². The molecule has 0 spiro atoms. The summed E-state index contributed by atoms with van der Waals surface area (Å²) in [5.74, 6) is -1.33. The highest BCUT2D eigenvalue weighted by Gasteiger charge is 2.45. The second-order valence-electron chi connectivity index (χ2n) is 11.3. The molecule has 2 aromatic heterocycles. The van der Waals surface area contributed by atoms with Crippen LogP contribution in [0.5, 0.6) is 0 Å². The smallest absolute Gasteiger partial charge is 0.353 e. The molecule has 2 aliphatic heterocycles. The zero-order chi connectivity index (χ0) is 28.3. The fraction of sp³-hybridized carbons (Fsp3) is 0.414. The van der Waals surface area contributed by atoms with Crippen LogP contribution in [0.1, 0.15) is 70.2 Å². The molecular formula is C29H31N3O7. The van der Waals surface area contributed by atoms with Gasteiger partial charge in [0.1, 0.15) is 12.2 Å². The van der Waals surface area contributed by atoms with Crippen LogP contribution in [0.2, 0.25) is 0 Å². The van der Waals surface area contributed by atoms with E-state index in [1.807, 2.05) is 24.3 Å². The molecule has 5 rings (SSSR count). The van der Waals surface area contributed by atoms with Crippen molar-refractivity contribution in [1.29, 1.82) is 0 Å². The number of rotatable bonds is 5. The van der Waals surface area contributed by atoms with Crippen LogP contribution in [0.4, 0.5) is 0 Å². The fourth-order valence-electron chi connectivity index (χ4n) is 4.86. The van der Waals surface area contributed by atoms with E-state index in [1.165, 1.54) is 6.21 Å². The lowest BCUT2D eigenvalue weighted by atomic mass is 9.86. The van der Waals surface area contributed by atoms with Crippen LogP contribution in [0, 0.1) is 0 Å². The summed E-state index contributed by atoms with van der Waals surface area (Å²) in [5, 5.41) is 16.1. The largest absolute Gasteiger partial charge is 0.458 e. The van der Waals surface area contributed by atoms with Gasteiger partial charge in [0.2, 0.25) is 5.60 Å². The van der Waals surface area contributed by atoms with Crippen molar-refractivity contribution >= 4 is 29.1 Å². The topological polar surface area (TPSA) is 129 Å². The molecule has 10 heteroatoms. The molecule has 10 nitrogen and oxygen atoms in total. The van der Waals surface area contributed by atoms with Gasteiger partial charge in [0.15, 0.2) is 5.60 Å². The Hall–Kier alpha value is -4.05. The van der Waals surface area contributed by atoms with Gasteiger partial charge in [-0.05, 0) is 53.2 Å². The minimum Gasteiger partial charge on any atom is -0.458 e. The number of carbonyl (C=O) groups excluding carboxylic acids is 2. The van der Waals surface area contributed by atoms with Crippen LogP contribution in [0.3, 0.4) is 0 Å². The van der Waals surface area contributed by atoms with Gasteiger partial charge in [-0.1, -0.05) is 30.3 Å². The van der Waals surface area contributed by atoms with E-state index in [-0.39, 0.29) is 36.3 Å². The summed E-state index contributed by atoms with van der Waals surface area (Å²) in [6.07, 6.45) is 1.57. The summed E-state index contributed by atoms with van der Waals surface area (Å²) < 4.78 is 12.2. The van der Waals surface area contributed by atoms with Gasteiger partial charge in [-0.2, -0.15) is 0 Å². The zero-order valence-electron chi connectivity index (χ0n) is 22.8. The summed E-state index contributed by atoms with van der Waals surface area (Å²) in [5.41, 5.74) is -0.694. The maximum Gasteiger partial charge on any atom is 0.353 e. The van der Waals surface area contributed by atoms with Crippen molar-refractivity contribution in [3.05, 3.63) is 62.9 Å². The molecule has 1 N–H and O–H groups in total. The van der Waals surface area contributed by atoms with Crippen LogP contribution in [0.25, 0.3) is 22.3 Å². The minimum absolute atomic E-state index is 0.0579. The summed E-state index contributed by atoms with van der Waals surface area (Å²) in [7, 11) is 0. The van der Waals surface area contributed by atoms with Crippen molar-refractivity contribution in [2.75, 3.05) is 0 Å². The Morgan fingerprint density at radius 3 is 2.62 bits per heavy atom. The normalized spacial score (nSPS) is 18.5. The zero-order valence-corrected chi connectivity index (χ0v) is 22.8. The van der Waals surface area contributed by atoms with Gasteiger partial charge >= 0.3 is 11.9 Å². The molecule has 2 aliphatic rings. The molecule has 4 heterocycles. The van der Waals surface area contributed by atoms with Crippen LogP contribution in [-0.2, 0) is 42.7 Å². The summed E-state index contributed by atoms with van der Waals surface area (Å²) in [6.45, 7) is 10.1. The predicted octanol–water partition coefficient (Wildman–Crippen LogP) is 3.55. The van der Waals surface area contributed by atoms with Crippen LogP contribution >= 0.6 is 0 Å². The van der Waals surface area contributed by atoms with Crippen molar-refractivity contribution in [2.45, 2.75) is 77.9 Å². The Kier molecular flexibility index (Phi) is 6.14. The van der Waals surface area contributed by atoms with Crippen molar-refractivity contribution in [3.63, 3.8) is 0 Å². The van der Waals surface area contributed by atoms with E-state index in [9.17, 15) is 19.5 Å². The van der Waals surface area contributed by atoms with Crippen LogP contribution < -0.4 is 5.56 Å². The predicted molar refractivity (Wildman–Crippen MR) is 143 cm³/mol. The fourth-order valence-corrected chi connectivity index (χ4v) is 4.86. The number of para-hydroxylation sites is 1. The van der Waals surface area contributed by atoms with E-state index >= 15 is 0 Å². The number of aromatic nitrogens is 2. The van der Waals surface area contributed by atoms with E-state index in [0.717, 1.165) is 10.9 Å². The van der Waals surface area contributed by atoms with Crippen molar-refractivity contribution in [1.82, 2.24) is 9.55 Å². The number of hydrogen-bond donors (Lipinski definition) is 1. The van der Waals surface area contributed by atoms with E-state index in [4.69, 9.17) is 19.3 Å². The number of fused-ring (bicyclic) bond motifs is 5. The second-order valence-corrected chi connectivity index (χ2v) is 11.3. The molecule has 0 radical (unpaired) electrons. The third kappa shape index (κ3) is 4.38. The second kappa shape index (κ2) is 9.01. The van der Waals surface area contributed by atoms with Gasteiger partial charge < -0.3 is 24.0 Å². The quantitative estimate of drug-likeness (QED) is 0.234. The Labute approximate surface area is 225 Å². The molecule has 0 amide bonds. The first-order valence-corrected chi connectivity index (χ1v) is 12.8. The van der Waals surface area contributed by atoms with Gasteiger partial charge in [0.05, 0.1) is 35.2 Å². The van der Waals surface area contributed by atoms with Gasteiger partial charge in [0, 0.05) is 22.1 Å². The maximum atomic E-state index is 13.5. The molecule has 0 saturated carbocycles. The molecule has 3 aromatic rings. The molecule has 204 valence electrons. The lowest BCUT2D eigenvalue weighted by Crippen LogP contribution is -2.44. The lowest BCUT2D eigenvalue weighted by molar-refractivity contribution is -0.179. The maximum absolute atomic E-state index is 13.5. The molecule has 0 unspecified atom stereocenters. The Morgan fingerprint density at radius 2 is 1.92 bits per heavy atom. The molecule has 1 atom stereocenters. The average Bonchev–Trinajstić information content (AvgIpc) is 3.24. The molecular weight excluding hydrogens is 502 g/mol. The first kappa shape index (κ1) is 26.6. The highest BCUT2D eigenvalue weighted by Crippen LogP contribution is 2.39. The van der Waals surface area contributed by atoms with Crippen molar-refractivity contribution in [2.24, 2.45) is 5.16 Å². The Morgan fingerprint density at radius 1 is 1.21 bits per heavy atom. The summed E-state index contributed by atoms with van der Waals surface area (Å²) in [4.78, 5) is 49.1. The first-order chi connectivity index (χ1) is 18.3. The van der Waals surface area contributed by atoms with E-state index in [0.29, 0.717) is 22.5 Å². The highest BCUT2D eigenvalue weighted by molar-refractivity contribution is 6.02. The van der Waals surface area contributed by atoms with E-state index < -0.39 is 28.7 Å². The van der Waals surface area contributed by atoms with Crippen molar-refractivity contribution in [3.8, 4) is 11.4 Å². The lowest BCUT2D eigenvalue weighted by Gasteiger charge is -2.31. The molecule has 1 aromatic carbocycles. The van der Waals surface area contributed by atoms with Crippen LogP contribution in [0.15, 0.2) is 40.3 Å². The molecule has 0 bridgehead atoms. The molecule has 0 aliphatic carbocycles. The van der Waals surface area contributed by atoms with E-state index in [1.54, 1.807) is 52.2 Å². The Balaban J connectivity index is 1.61. The average molecular weight is 534 g/mol. The number of esters is 2. The van der Waals surface area contributed by atoms with Crippen LogP contribution in [-0.4, -0.2) is 44.0 Å². The molecule has 39 heavy (non-hydrogen) atoms. The number of hydrogen-bond acceptors (Lipinski definition) is 9. The number of benzene rings is 1. The number of cyclic esters (lactones) is 1. The summed E-state index contributed by atoms with van der Waals surface area (Å²) in [6, 6.07) is 9.12. The van der Waals surface area contributed by atoms with Gasteiger partial charge in [0.25, 0.3) is 5.56 Å². The SMILES string of the molecule is CC[C@@]1(O)C(=O)OCc2c1cc1n(c2=O)Cc2c-1nc1ccccc1c2/C=N/OC(C)(C)C(=O)OC(C)(C)C. The first-order valence-electron chi connectivity index (χ1n) is 12.8. The van der Waals surface area contributed by atoms with Gasteiger partial charge in [-0.15, -0.1) is 0 Å². The number of oxime groups is 1. The highest BCUT2D eigenvalue weighted by atomic mass is 16.7. The van der Waals surface area contributed by atoms with Crippen molar-refractivity contribution < 1.29 is 29.0 Å². The molecule has 0 saturated heterocycles. The number of nitrogens with zero attached hydrogens (tertiary/aromatic N) is 3. The molecule has 0 fully saturated rings. The third-order valence-electron chi connectivity index (χ3n) is 6.99. The van der Waals surface area contributed by atoms with Gasteiger partial charge in [-0.3, -0.25) is 4.79 Å². The standard InChI is InChI=1S/C29H31N3O7/c1-7-29(36)20-12-22-23-18(14-32(22)24(33)19(20)15-37-26(29)35)17(16-10-8-9-11-21(16)31-23)13-30-39-28(5,6)25(34)38-27(2,3)4/h8-13,36H,7,14-15H2,1-6H3/b30-13+/t29-/m0/s1. The number of ether oxygens (including phenoxy) is 2. The number of aliphatic hydroxyl groups is 1. The van der Waals surface area contributed by atoms with E-state index in [2.05, 4.69) is 5.16 Å². The Bertz CT molecular complexity index is 1610. The number of pyridine rings is 2. The number of carbonyl (C=O) groups is 2. The summed E-state index contributed by atoms with van der Waals surface area (Å²) >= 11 is 0.